The molecule has 0 aliphatic carbocycles. The van der Waals surface area contributed by atoms with Crippen LogP contribution >= 0.6 is 11.8 Å². The standard InChI is InChI=1S/C8H18OSSi/c1-6-7-8(10-2)9-11(3,4)5/h7H,6H2,1-5H3/b8-7+. The first-order valence-electron chi connectivity index (χ1n) is 3.92. The molecule has 11 heavy (non-hydrogen) atoms. The van der Waals surface area contributed by atoms with Gasteiger partial charge in [0.25, 0.3) is 0 Å². The highest BCUT2D eigenvalue weighted by Gasteiger charge is 2.16. The van der Waals surface area contributed by atoms with Crippen LogP contribution in [0.2, 0.25) is 19.6 Å². The lowest BCUT2D eigenvalue weighted by Gasteiger charge is -2.20. The van der Waals surface area contributed by atoms with Gasteiger partial charge in [0.2, 0.25) is 8.32 Å². The summed E-state index contributed by atoms with van der Waals surface area (Å²) in [6.45, 7) is 8.73. The molecule has 0 unspecified atom stereocenters. The normalized spacial score (nSPS) is 13.4. The molecule has 0 spiro atoms. The van der Waals surface area contributed by atoms with E-state index in [1.54, 1.807) is 11.8 Å². The summed E-state index contributed by atoms with van der Waals surface area (Å²) in [7, 11) is -1.37. The monoisotopic (exact) mass is 190 g/mol. The number of thioether (sulfide) groups is 1. The molecule has 0 radical (unpaired) electrons. The van der Waals surface area contributed by atoms with E-state index in [0.29, 0.717) is 0 Å². The van der Waals surface area contributed by atoms with Gasteiger partial charge in [0, 0.05) is 0 Å². The summed E-state index contributed by atoms with van der Waals surface area (Å²) in [5.41, 5.74) is 0. The predicted octanol–water partition coefficient (Wildman–Crippen LogP) is 3.45. The number of hydrogen-bond donors (Lipinski definition) is 0. The second-order valence-electron chi connectivity index (χ2n) is 3.35. The van der Waals surface area contributed by atoms with Gasteiger partial charge in [-0.1, -0.05) is 18.7 Å². The van der Waals surface area contributed by atoms with Crippen molar-refractivity contribution < 1.29 is 4.43 Å². The fourth-order valence-corrected chi connectivity index (χ4v) is 2.74. The van der Waals surface area contributed by atoms with Gasteiger partial charge in [0.05, 0.1) is 0 Å². The van der Waals surface area contributed by atoms with Gasteiger partial charge in [-0.05, 0) is 38.4 Å². The van der Waals surface area contributed by atoms with Gasteiger partial charge < -0.3 is 4.43 Å². The van der Waals surface area contributed by atoms with E-state index in [1.165, 1.54) is 0 Å². The Morgan fingerprint density at radius 1 is 1.45 bits per heavy atom. The van der Waals surface area contributed by atoms with Gasteiger partial charge in [-0.2, -0.15) is 0 Å². The molecule has 0 aromatic carbocycles. The van der Waals surface area contributed by atoms with E-state index >= 15 is 0 Å². The van der Waals surface area contributed by atoms with Gasteiger partial charge >= 0.3 is 0 Å². The Labute approximate surface area is 75.3 Å². The highest BCUT2D eigenvalue weighted by Crippen LogP contribution is 2.19. The molecule has 0 N–H and O–H groups in total. The van der Waals surface area contributed by atoms with Crippen LogP contribution in [-0.2, 0) is 4.43 Å². The lowest BCUT2D eigenvalue weighted by Crippen LogP contribution is -2.24. The van der Waals surface area contributed by atoms with Crippen molar-refractivity contribution in [1.29, 1.82) is 0 Å². The third kappa shape index (κ3) is 6.50. The first kappa shape index (κ1) is 11.1. The van der Waals surface area contributed by atoms with Crippen LogP contribution in [0.15, 0.2) is 11.2 Å². The Morgan fingerprint density at radius 2 is 2.00 bits per heavy atom. The van der Waals surface area contributed by atoms with Crippen LogP contribution in [0, 0.1) is 0 Å². The lowest BCUT2D eigenvalue weighted by atomic mass is 10.5. The Morgan fingerprint density at radius 3 is 2.27 bits per heavy atom. The van der Waals surface area contributed by atoms with Crippen LogP contribution in [0.1, 0.15) is 13.3 Å². The van der Waals surface area contributed by atoms with Crippen molar-refractivity contribution in [3.63, 3.8) is 0 Å². The van der Waals surface area contributed by atoms with E-state index in [0.717, 1.165) is 11.5 Å². The zero-order valence-electron chi connectivity index (χ0n) is 8.10. The Balaban J connectivity index is 3.99. The summed E-state index contributed by atoms with van der Waals surface area (Å²) in [4.78, 5) is 0. The highest BCUT2D eigenvalue weighted by atomic mass is 32.2. The molecule has 0 heterocycles. The molecule has 0 aliphatic heterocycles. The second kappa shape index (κ2) is 4.88. The molecule has 1 nitrogen and oxygen atoms in total. The molecule has 3 heteroatoms. The van der Waals surface area contributed by atoms with Crippen LogP contribution in [0.3, 0.4) is 0 Å². The van der Waals surface area contributed by atoms with Crippen molar-refractivity contribution in [3.05, 3.63) is 11.2 Å². The minimum absolute atomic E-state index is 1.06. The zero-order chi connectivity index (χ0) is 8.91. The highest BCUT2D eigenvalue weighted by molar-refractivity contribution is 8.02. The van der Waals surface area contributed by atoms with Crippen molar-refractivity contribution >= 4 is 20.1 Å². The molecule has 0 rings (SSSR count). The second-order valence-corrected chi connectivity index (χ2v) is 8.59. The van der Waals surface area contributed by atoms with E-state index < -0.39 is 8.32 Å². The van der Waals surface area contributed by atoms with Crippen molar-refractivity contribution in [2.75, 3.05) is 6.26 Å². The molecule has 0 atom stereocenters. The maximum atomic E-state index is 5.79. The van der Waals surface area contributed by atoms with E-state index in [1.807, 2.05) is 0 Å². The minimum Gasteiger partial charge on any atom is -0.540 e. The molecule has 0 bridgehead atoms. The Bertz CT molecular complexity index is 138. The van der Waals surface area contributed by atoms with Gasteiger partial charge in [0.1, 0.15) is 5.09 Å². The van der Waals surface area contributed by atoms with Crippen molar-refractivity contribution in [2.24, 2.45) is 0 Å². The fraction of sp³-hybridized carbons (Fsp3) is 0.750. The average Bonchev–Trinajstić information content (AvgIpc) is 1.84. The molecule has 0 fully saturated rings. The smallest absolute Gasteiger partial charge is 0.242 e. The molecule has 66 valence electrons. The molecule has 0 saturated heterocycles. The summed E-state index contributed by atoms with van der Waals surface area (Å²) in [5.74, 6) is 0. The van der Waals surface area contributed by atoms with Crippen molar-refractivity contribution in [2.45, 2.75) is 33.0 Å². The summed E-state index contributed by atoms with van der Waals surface area (Å²) in [6, 6.07) is 0. The van der Waals surface area contributed by atoms with Crippen molar-refractivity contribution in [1.82, 2.24) is 0 Å². The summed E-state index contributed by atoms with van der Waals surface area (Å²) >= 11 is 1.69. The maximum absolute atomic E-state index is 5.79. The van der Waals surface area contributed by atoms with Crippen LogP contribution in [0.25, 0.3) is 0 Å². The van der Waals surface area contributed by atoms with E-state index in [9.17, 15) is 0 Å². The molecule has 0 amide bonds. The molecule has 0 saturated carbocycles. The van der Waals surface area contributed by atoms with Crippen molar-refractivity contribution in [3.8, 4) is 0 Å². The van der Waals surface area contributed by atoms with Crippen LogP contribution in [-0.4, -0.2) is 14.6 Å². The Kier molecular flexibility index (Phi) is 4.93. The number of allylic oxidation sites excluding steroid dienone is 1. The van der Waals surface area contributed by atoms with E-state index in [-0.39, 0.29) is 0 Å². The van der Waals surface area contributed by atoms with Gasteiger partial charge in [-0.25, -0.2) is 0 Å². The fourth-order valence-electron chi connectivity index (χ4n) is 0.635. The van der Waals surface area contributed by atoms with Gasteiger partial charge in [-0.15, -0.1) is 0 Å². The van der Waals surface area contributed by atoms with E-state index in [4.69, 9.17) is 4.43 Å². The molecular weight excluding hydrogens is 172 g/mol. The average molecular weight is 190 g/mol. The van der Waals surface area contributed by atoms with Crippen LogP contribution in [0.4, 0.5) is 0 Å². The third-order valence-corrected chi connectivity index (χ3v) is 2.61. The summed E-state index contributed by atoms with van der Waals surface area (Å²) < 4.78 is 5.79. The largest absolute Gasteiger partial charge is 0.540 e. The molecule has 0 aromatic rings. The first-order valence-corrected chi connectivity index (χ1v) is 8.56. The molecule has 0 aromatic heterocycles. The quantitative estimate of drug-likeness (QED) is 0.496. The SMILES string of the molecule is CC/C=C(\O[Si](C)(C)C)SC. The number of hydrogen-bond acceptors (Lipinski definition) is 2. The third-order valence-electron chi connectivity index (χ3n) is 0.979. The summed E-state index contributed by atoms with van der Waals surface area (Å²) in [6.07, 6.45) is 5.26. The maximum Gasteiger partial charge on any atom is 0.242 e. The topological polar surface area (TPSA) is 9.23 Å². The lowest BCUT2D eigenvalue weighted by molar-refractivity contribution is 0.462. The minimum atomic E-state index is -1.37. The van der Waals surface area contributed by atoms with E-state index in [2.05, 4.69) is 38.9 Å². The number of rotatable bonds is 4. The van der Waals surface area contributed by atoms with Crippen LogP contribution in [0.5, 0.6) is 0 Å². The molecular formula is C8H18OSSi. The predicted molar refractivity (Wildman–Crippen MR) is 56.3 cm³/mol. The van der Waals surface area contributed by atoms with Gasteiger partial charge in [-0.3, -0.25) is 0 Å². The summed E-state index contributed by atoms with van der Waals surface area (Å²) in [5, 5.41) is 1.09. The van der Waals surface area contributed by atoms with Gasteiger partial charge in [0.15, 0.2) is 0 Å². The zero-order valence-corrected chi connectivity index (χ0v) is 9.92. The molecule has 0 aliphatic rings. The van der Waals surface area contributed by atoms with Crippen LogP contribution < -0.4 is 0 Å². The first-order chi connectivity index (χ1) is 4.99. The Hall–Kier alpha value is 0.107.